The van der Waals surface area contributed by atoms with E-state index in [9.17, 15) is 8.42 Å². The molecule has 0 aromatic carbocycles. The Hall–Kier alpha value is -1.00. The molecule has 1 aromatic heterocycles. The summed E-state index contributed by atoms with van der Waals surface area (Å²) in [5, 5.41) is 15.0. The van der Waals surface area contributed by atoms with Crippen molar-refractivity contribution in [3.63, 3.8) is 0 Å². The van der Waals surface area contributed by atoms with Crippen LogP contribution in [0.4, 0.5) is 0 Å². The monoisotopic (exact) mass is 304 g/mol. The number of ether oxygens (including phenoxy) is 1. The Kier molecular flexibility index (Phi) is 5.49. The Labute approximate surface area is 118 Å². The molecule has 1 aliphatic heterocycles. The van der Waals surface area contributed by atoms with Gasteiger partial charge in [0, 0.05) is 25.2 Å². The van der Waals surface area contributed by atoms with Crippen molar-refractivity contribution in [3.05, 3.63) is 11.8 Å². The third-order valence-corrected chi connectivity index (χ3v) is 4.64. The molecule has 1 aromatic rings. The van der Waals surface area contributed by atoms with E-state index < -0.39 is 10.0 Å². The van der Waals surface area contributed by atoms with Gasteiger partial charge in [0.1, 0.15) is 0 Å². The maximum absolute atomic E-state index is 12.0. The minimum absolute atomic E-state index is 0.0635. The second-order valence-electron chi connectivity index (χ2n) is 4.59. The first-order valence-corrected chi connectivity index (χ1v) is 8.04. The Balaban J connectivity index is 1.78. The number of nitrogens with one attached hydrogen (secondary N) is 2. The van der Waals surface area contributed by atoms with Gasteiger partial charge in [-0.2, -0.15) is 5.10 Å². The third kappa shape index (κ3) is 4.00. The number of hydrogen-bond donors (Lipinski definition) is 3. The van der Waals surface area contributed by atoms with Crippen LogP contribution in [-0.2, 0) is 21.4 Å². The normalized spacial score (nSPS) is 17.4. The molecule has 0 spiro atoms. The van der Waals surface area contributed by atoms with E-state index in [0.29, 0.717) is 6.54 Å². The second kappa shape index (κ2) is 7.14. The number of aromatic amines is 1. The number of H-pyrrole nitrogens is 1. The molecule has 0 radical (unpaired) electrons. The minimum atomic E-state index is -3.63. The number of morpholine rings is 1. The zero-order valence-electron chi connectivity index (χ0n) is 11.2. The van der Waals surface area contributed by atoms with E-state index in [1.165, 1.54) is 6.20 Å². The SMILES string of the molecule is O=S(=O)(NCCCN1CCOCC1)c1[nH]ncc1CO. The van der Waals surface area contributed by atoms with Crippen LogP contribution in [-0.4, -0.2) is 68.0 Å². The van der Waals surface area contributed by atoms with E-state index >= 15 is 0 Å². The second-order valence-corrected chi connectivity index (χ2v) is 6.29. The molecule has 0 amide bonds. The third-order valence-electron chi connectivity index (χ3n) is 3.16. The van der Waals surface area contributed by atoms with Gasteiger partial charge < -0.3 is 9.84 Å². The van der Waals surface area contributed by atoms with Gasteiger partial charge >= 0.3 is 0 Å². The fourth-order valence-corrected chi connectivity index (χ4v) is 3.24. The van der Waals surface area contributed by atoms with E-state index in [1.807, 2.05) is 0 Å². The number of aromatic nitrogens is 2. The largest absolute Gasteiger partial charge is 0.392 e. The predicted octanol–water partition coefficient (Wildman–Crippen LogP) is -1.10. The fourth-order valence-electron chi connectivity index (χ4n) is 2.05. The molecular formula is C11H20N4O4S. The topological polar surface area (TPSA) is 108 Å². The molecule has 0 saturated carbocycles. The predicted molar refractivity (Wildman–Crippen MR) is 71.6 cm³/mol. The number of hydrogen-bond acceptors (Lipinski definition) is 6. The van der Waals surface area contributed by atoms with Crippen molar-refractivity contribution in [2.24, 2.45) is 0 Å². The van der Waals surface area contributed by atoms with E-state index in [2.05, 4.69) is 19.8 Å². The van der Waals surface area contributed by atoms with Crippen molar-refractivity contribution in [1.82, 2.24) is 19.8 Å². The van der Waals surface area contributed by atoms with E-state index in [0.717, 1.165) is 39.3 Å². The van der Waals surface area contributed by atoms with Gasteiger partial charge in [-0.15, -0.1) is 0 Å². The van der Waals surface area contributed by atoms with Gasteiger partial charge in [0.15, 0.2) is 5.03 Å². The number of aliphatic hydroxyl groups is 1. The first kappa shape index (κ1) is 15.4. The molecule has 8 nitrogen and oxygen atoms in total. The molecule has 114 valence electrons. The summed E-state index contributed by atoms with van der Waals surface area (Å²) >= 11 is 0. The van der Waals surface area contributed by atoms with Gasteiger partial charge in [-0.1, -0.05) is 0 Å². The quantitative estimate of drug-likeness (QED) is 0.552. The summed E-state index contributed by atoms with van der Waals surface area (Å²) in [6, 6.07) is 0. The van der Waals surface area contributed by atoms with Crippen molar-refractivity contribution in [1.29, 1.82) is 0 Å². The van der Waals surface area contributed by atoms with Crippen LogP contribution < -0.4 is 4.72 Å². The first-order valence-electron chi connectivity index (χ1n) is 6.56. The van der Waals surface area contributed by atoms with Crippen molar-refractivity contribution in [2.75, 3.05) is 39.4 Å². The lowest BCUT2D eigenvalue weighted by Crippen LogP contribution is -2.38. The molecule has 2 rings (SSSR count). The molecule has 0 bridgehead atoms. The van der Waals surface area contributed by atoms with E-state index in [1.54, 1.807) is 0 Å². The van der Waals surface area contributed by atoms with Crippen LogP contribution in [0.2, 0.25) is 0 Å². The molecule has 0 aliphatic carbocycles. The van der Waals surface area contributed by atoms with Gasteiger partial charge in [0.25, 0.3) is 10.0 Å². The molecule has 20 heavy (non-hydrogen) atoms. The summed E-state index contributed by atoms with van der Waals surface area (Å²) in [5.74, 6) is 0. The Morgan fingerprint density at radius 1 is 1.45 bits per heavy atom. The van der Waals surface area contributed by atoms with Gasteiger partial charge in [0.05, 0.1) is 26.0 Å². The molecule has 1 aliphatic rings. The zero-order chi connectivity index (χ0) is 14.4. The maximum Gasteiger partial charge on any atom is 0.257 e. The number of sulfonamides is 1. The lowest BCUT2D eigenvalue weighted by Gasteiger charge is -2.26. The molecule has 0 atom stereocenters. The highest BCUT2D eigenvalue weighted by Gasteiger charge is 2.20. The van der Waals surface area contributed by atoms with Crippen LogP contribution in [0.5, 0.6) is 0 Å². The molecular weight excluding hydrogens is 284 g/mol. The number of nitrogens with zero attached hydrogens (tertiary/aromatic N) is 2. The molecule has 1 fully saturated rings. The fraction of sp³-hybridized carbons (Fsp3) is 0.727. The van der Waals surface area contributed by atoms with Crippen LogP contribution in [0.25, 0.3) is 0 Å². The Bertz CT molecular complexity index is 510. The molecule has 2 heterocycles. The summed E-state index contributed by atoms with van der Waals surface area (Å²) in [6.07, 6.45) is 2.03. The van der Waals surface area contributed by atoms with E-state index in [4.69, 9.17) is 9.84 Å². The standard InChI is InChI=1S/C11H20N4O4S/c16-9-10-8-12-14-11(10)20(17,18)13-2-1-3-15-4-6-19-7-5-15/h8,13,16H,1-7,9H2,(H,12,14). The van der Waals surface area contributed by atoms with Gasteiger partial charge in [-0.3, -0.25) is 10.00 Å². The number of aliphatic hydroxyl groups excluding tert-OH is 1. The summed E-state index contributed by atoms with van der Waals surface area (Å²) in [6.45, 7) is 4.08. The van der Waals surface area contributed by atoms with Crippen LogP contribution in [0.1, 0.15) is 12.0 Å². The van der Waals surface area contributed by atoms with Gasteiger partial charge in [-0.05, 0) is 13.0 Å². The summed E-state index contributed by atoms with van der Waals surface area (Å²) in [5.41, 5.74) is 0.269. The van der Waals surface area contributed by atoms with Crippen molar-refractivity contribution in [3.8, 4) is 0 Å². The molecule has 1 saturated heterocycles. The average Bonchev–Trinajstić information content (AvgIpc) is 2.94. The molecule has 0 unspecified atom stereocenters. The first-order chi connectivity index (χ1) is 9.63. The van der Waals surface area contributed by atoms with Crippen LogP contribution in [0.3, 0.4) is 0 Å². The van der Waals surface area contributed by atoms with Gasteiger partial charge in [-0.25, -0.2) is 13.1 Å². The highest BCUT2D eigenvalue weighted by Crippen LogP contribution is 2.11. The average molecular weight is 304 g/mol. The summed E-state index contributed by atoms with van der Waals surface area (Å²) in [7, 11) is -3.63. The van der Waals surface area contributed by atoms with E-state index in [-0.39, 0.29) is 17.2 Å². The van der Waals surface area contributed by atoms with Crippen LogP contribution in [0, 0.1) is 0 Å². The maximum atomic E-state index is 12.0. The molecule has 3 N–H and O–H groups in total. The van der Waals surface area contributed by atoms with Crippen molar-refractivity contribution >= 4 is 10.0 Å². The zero-order valence-corrected chi connectivity index (χ0v) is 12.0. The van der Waals surface area contributed by atoms with Crippen LogP contribution in [0.15, 0.2) is 11.2 Å². The lowest BCUT2D eigenvalue weighted by molar-refractivity contribution is 0.0376. The van der Waals surface area contributed by atoms with Gasteiger partial charge in [0.2, 0.25) is 0 Å². The Morgan fingerprint density at radius 3 is 2.90 bits per heavy atom. The lowest BCUT2D eigenvalue weighted by atomic mass is 10.3. The van der Waals surface area contributed by atoms with Crippen molar-refractivity contribution < 1.29 is 18.3 Å². The smallest absolute Gasteiger partial charge is 0.257 e. The highest BCUT2D eigenvalue weighted by molar-refractivity contribution is 7.89. The highest BCUT2D eigenvalue weighted by atomic mass is 32.2. The minimum Gasteiger partial charge on any atom is -0.392 e. The summed E-state index contributed by atoms with van der Waals surface area (Å²) in [4.78, 5) is 2.24. The Morgan fingerprint density at radius 2 is 2.20 bits per heavy atom. The summed E-state index contributed by atoms with van der Waals surface area (Å²) < 4.78 is 31.7. The van der Waals surface area contributed by atoms with Crippen molar-refractivity contribution in [2.45, 2.75) is 18.1 Å². The molecule has 9 heteroatoms. The van der Waals surface area contributed by atoms with Crippen LogP contribution >= 0.6 is 0 Å². The number of rotatable bonds is 7.